The van der Waals surface area contributed by atoms with Crippen molar-refractivity contribution in [1.82, 2.24) is 20.2 Å². The molecular weight excluding hydrogens is 482 g/mol. The van der Waals surface area contributed by atoms with Crippen LogP contribution in [0, 0.1) is 11.8 Å². The lowest BCUT2D eigenvalue weighted by atomic mass is 9.83. The van der Waals surface area contributed by atoms with Crippen LogP contribution in [-0.4, -0.2) is 52.3 Å². The summed E-state index contributed by atoms with van der Waals surface area (Å²) in [4.78, 5) is 22.7. The van der Waals surface area contributed by atoms with Gasteiger partial charge in [-0.2, -0.15) is 0 Å². The highest BCUT2D eigenvalue weighted by molar-refractivity contribution is 7.14. The molecule has 6 rings (SSSR count). The average molecular weight is 518 g/mol. The van der Waals surface area contributed by atoms with Crippen LogP contribution in [0.5, 0.6) is 0 Å². The van der Waals surface area contributed by atoms with Gasteiger partial charge in [-0.3, -0.25) is 0 Å². The summed E-state index contributed by atoms with van der Waals surface area (Å²) in [5.41, 5.74) is 3.18. The van der Waals surface area contributed by atoms with Crippen LogP contribution in [-0.2, 0) is 9.53 Å². The van der Waals surface area contributed by atoms with Crippen molar-refractivity contribution in [2.45, 2.75) is 69.8 Å². The van der Waals surface area contributed by atoms with Crippen molar-refractivity contribution in [2.24, 2.45) is 11.8 Å². The summed E-state index contributed by atoms with van der Waals surface area (Å²) in [6, 6.07) is 8.42. The van der Waals surface area contributed by atoms with E-state index in [0.717, 1.165) is 103 Å². The lowest BCUT2D eigenvalue weighted by Gasteiger charge is -2.34. The minimum absolute atomic E-state index is 0.224. The Kier molecular flexibility index (Phi) is 7.55. The Morgan fingerprint density at radius 3 is 2.22 bits per heavy atom. The van der Waals surface area contributed by atoms with Gasteiger partial charge in [-0.15, -0.1) is 10.2 Å². The van der Waals surface area contributed by atoms with Gasteiger partial charge in [0.25, 0.3) is 0 Å². The molecule has 0 amide bonds. The van der Waals surface area contributed by atoms with Crippen LogP contribution in [0.3, 0.4) is 0 Å². The third kappa shape index (κ3) is 5.75. The zero-order valence-electron chi connectivity index (χ0n) is 21.3. The van der Waals surface area contributed by atoms with Gasteiger partial charge in [0.1, 0.15) is 16.3 Å². The van der Waals surface area contributed by atoms with Crippen LogP contribution < -0.4 is 4.90 Å². The monoisotopic (exact) mass is 517 g/mol. The standard InChI is InChI=1S/C29H35N5O2S/c35-18-20-4-6-23(7-5-20)27-32-33-28(37-27)24-10-8-22(9-11-24)25-16-30-29(31-17-25)34-14-12-26(13-15-34)36-19-21-2-1-3-21/h8-11,16-18,20-21,23,26H,1-7,12-15,19H2/t20-,23-. The van der Waals surface area contributed by atoms with Crippen molar-refractivity contribution in [3.8, 4) is 21.7 Å². The molecule has 3 aromatic rings. The van der Waals surface area contributed by atoms with E-state index in [0.29, 0.717) is 12.0 Å². The number of ether oxygens (including phenoxy) is 1. The average Bonchev–Trinajstić information content (AvgIpc) is 3.43. The number of aromatic nitrogens is 4. The highest BCUT2D eigenvalue weighted by atomic mass is 32.1. The van der Waals surface area contributed by atoms with Gasteiger partial charge in [-0.05, 0) is 62.8 Å². The Balaban J connectivity index is 1.03. The van der Waals surface area contributed by atoms with Gasteiger partial charge >= 0.3 is 0 Å². The van der Waals surface area contributed by atoms with Gasteiger partial charge in [0.15, 0.2) is 0 Å². The van der Waals surface area contributed by atoms with Crippen molar-refractivity contribution in [1.29, 1.82) is 0 Å². The fourth-order valence-electron chi connectivity index (χ4n) is 5.61. The Hall–Kier alpha value is -2.71. The fraction of sp³-hybridized carbons (Fsp3) is 0.552. The van der Waals surface area contributed by atoms with Crippen molar-refractivity contribution in [2.75, 3.05) is 24.6 Å². The maximum Gasteiger partial charge on any atom is 0.225 e. The second-order valence-electron chi connectivity index (χ2n) is 10.9. The molecule has 0 spiro atoms. The van der Waals surface area contributed by atoms with Crippen molar-refractivity contribution >= 4 is 23.6 Å². The van der Waals surface area contributed by atoms with Crippen molar-refractivity contribution in [3.63, 3.8) is 0 Å². The summed E-state index contributed by atoms with van der Waals surface area (Å²) in [7, 11) is 0. The predicted molar refractivity (Wildman–Crippen MR) is 146 cm³/mol. The van der Waals surface area contributed by atoms with Crippen LogP contribution in [0.1, 0.15) is 68.7 Å². The van der Waals surface area contributed by atoms with E-state index in [2.05, 4.69) is 49.3 Å². The van der Waals surface area contributed by atoms with E-state index >= 15 is 0 Å². The van der Waals surface area contributed by atoms with Crippen molar-refractivity contribution in [3.05, 3.63) is 41.7 Å². The zero-order chi connectivity index (χ0) is 25.0. The molecule has 3 heterocycles. The fourth-order valence-corrected chi connectivity index (χ4v) is 6.63. The molecule has 194 valence electrons. The van der Waals surface area contributed by atoms with Gasteiger partial charge in [0, 0.05) is 55.1 Å². The SMILES string of the molecule is O=C[C@H]1CC[C@H](c2nnc(-c3ccc(-c4cnc(N5CCC(OCC6CCC6)CC5)nc4)cc3)s2)CC1. The van der Waals surface area contributed by atoms with E-state index < -0.39 is 0 Å². The number of benzene rings is 1. The maximum absolute atomic E-state index is 11.0. The summed E-state index contributed by atoms with van der Waals surface area (Å²) < 4.78 is 6.14. The van der Waals surface area contributed by atoms with E-state index in [1.807, 2.05) is 12.4 Å². The van der Waals surface area contributed by atoms with E-state index in [4.69, 9.17) is 4.74 Å². The lowest BCUT2D eigenvalue weighted by Crippen LogP contribution is -2.38. The first-order valence-electron chi connectivity index (χ1n) is 13.8. The number of carbonyl (C=O) groups excluding carboxylic acids is 1. The first kappa shape index (κ1) is 24.6. The Morgan fingerprint density at radius 2 is 1.57 bits per heavy atom. The summed E-state index contributed by atoms with van der Waals surface area (Å²) in [5, 5.41) is 11.0. The molecule has 2 saturated carbocycles. The van der Waals surface area contributed by atoms with Gasteiger partial charge < -0.3 is 14.4 Å². The minimum atomic E-state index is 0.224. The number of carbonyl (C=O) groups is 1. The summed E-state index contributed by atoms with van der Waals surface area (Å²) in [6.07, 6.45) is 15.5. The molecule has 2 aliphatic carbocycles. The zero-order valence-corrected chi connectivity index (χ0v) is 22.1. The molecule has 3 aliphatic rings. The number of rotatable bonds is 8. The van der Waals surface area contributed by atoms with Crippen molar-refractivity contribution < 1.29 is 9.53 Å². The van der Waals surface area contributed by atoms with Crippen LogP contribution in [0.15, 0.2) is 36.7 Å². The second-order valence-corrected chi connectivity index (χ2v) is 11.9. The Morgan fingerprint density at radius 1 is 0.865 bits per heavy atom. The highest BCUT2D eigenvalue weighted by Gasteiger charge is 2.26. The van der Waals surface area contributed by atoms with Gasteiger partial charge in [0.05, 0.1) is 6.10 Å². The van der Waals surface area contributed by atoms with E-state index in [-0.39, 0.29) is 5.92 Å². The lowest BCUT2D eigenvalue weighted by molar-refractivity contribution is -0.111. The number of aldehydes is 1. The molecule has 0 bridgehead atoms. The largest absolute Gasteiger partial charge is 0.378 e. The third-order valence-corrected chi connectivity index (χ3v) is 9.51. The number of piperidine rings is 1. The second kappa shape index (κ2) is 11.4. The molecule has 3 fully saturated rings. The summed E-state index contributed by atoms with van der Waals surface area (Å²) >= 11 is 1.68. The normalized spacial score (nSPS) is 23.1. The van der Waals surface area contributed by atoms with Crippen LogP contribution in [0.2, 0.25) is 0 Å². The minimum Gasteiger partial charge on any atom is -0.378 e. The first-order chi connectivity index (χ1) is 18.2. The van der Waals surface area contributed by atoms with Gasteiger partial charge in [-0.25, -0.2) is 9.97 Å². The number of hydrogen-bond donors (Lipinski definition) is 0. The van der Waals surface area contributed by atoms with E-state index in [1.54, 1.807) is 11.3 Å². The molecule has 1 aromatic carbocycles. The third-order valence-electron chi connectivity index (χ3n) is 8.37. The maximum atomic E-state index is 11.0. The molecule has 7 nitrogen and oxygen atoms in total. The van der Waals surface area contributed by atoms with Gasteiger partial charge in [0.2, 0.25) is 5.95 Å². The molecule has 0 N–H and O–H groups in total. The van der Waals surface area contributed by atoms with E-state index in [1.165, 1.54) is 19.3 Å². The first-order valence-corrected chi connectivity index (χ1v) is 14.6. The Labute approximate surface area is 222 Å². The number of hydrogen-bond acceptors (Lipinski definition) is 8. The Bertz CT molecular complexity index is 1160. The summed E-state index contributed by atoms with van der Waals surface area (Å²) in [5.74, 6) is 2.27. The summed E-state index contributed by atoms with van der Waals surface area (Å²) in [6.45, 7) is 2.84. The molecule has 0 unspecified atom stereocenters. The highest BCUT2D eigenvalue weighted by Crippen LogP contribution is 2.38. The molecule has 1 aliphatic heterocycles. The molecule has 1 saturated heterocycles. The number of anilines is 1. The molecule has 2 aromatic heterocycles. The smallest absolute Gasteiger partial charge is 0.225 e. The molecular formula is C29H35N5O2S. The molecule has 8 heteroatoms. The van der Waals surface area contributed by atoms with Crippen LogP contribution in [0.4, 0.5) is 5.95 Å². The van der Waals surface area contributed by atoms with Gasteiger partial charge in [-0.1, -0.05) is 42.0 Å². The molecule has 0 atom stereocenters. The topological polar surface area (TPSA) is 81.1 Å². The van der Waals surface area contributed by atoms with E-state index in [9.17, 15) is 4.79 Å². The van der Waals surface area contributed by atoms with Crippen LogP contribution in [0.25, 0.3) is 21.7 Å². The quantitative estimate of drug-likeness (QED) is 0.343. The predicted octanol–water partition coefficient (Wildman–Crippen LogP) is 5.92. The molecule has 0 radical (unpaired) electrons. The number of nitrogens with zero attached hydrogens (tertiary/aromatic N) is 5. The molecule has 37 heavy (non-hydrogen) atoms. The van der Waals surface area contributed by atoms with Crippen LogP contribution >= 0.6 is 11.3 Å².